The van der Waals surface area contributed by atoms with Crippen LogP contribution < -0.4 is 10.2 Å². The van der Waals surface area contributed by atoms with Gasteiger partial charge in [-0.2, -0.15) is 0 Å². The molecule has 4 rings (SSSR count). The van der Waals surface area contributed by atoms with Crippen LogP contribution >= 0.6 is 0 Å². The molecule has 0 saturated carbocycles. The van der Waals surface area contributed by atoms with Crippen LogP contribution in [0.2, 0.25) is 0 Å². The summed E-state index contributed by atoms with van der Waals surface area (Å²) in [6.45, 7) is 2.10. The second-order valence-corrected chi connectivity index (χ2v) is 6.45. The van der Waals surface area contributed by atoms with Gasteiger partial charge in [-0.3, -0.25) is 9.69 Å². The topological polar surface area (TPSA) is 55.8 Å². The van der Waals surface area contributed by atoms with Crippen LogP contribution in [0.4, 0.5) is 11.4 Å². The van der Waals surface area contributed by atoms with Gasteiger partial charge in [0.1, 0.15) is 0 Å². The van der Waals surface area contributed by atoms with E-state index in [0.717, 1.165) is 30.5 Å². The maximum Gasteiger partial charge on any atom is 0.257 e. The smallest absolute Gasteiger partial charge is 0.257 e. The van der Waals surface area contributed by atoms with Crippen LogP contribution in [0.3, 0.4) is 0 Å². The van der Waals surface area contributed by atoms with Gasteiger partial charge in [-0.05, 0) is 38.4 Å². The van der Waals surface area contributed by atoms with E-state index in [0.29, 0.717) is 11.6 Å². The Morgan fingerprint density at radius 1 is 1.24 bits per heavy atom. The molecule has 1 aromatic carbocycles. The fraction of sp³-hybridized carbons (Fsp3) is 0.562. The second kappa shape index (κ2) is 4.71. The van der Waals surface area contributed by atoms with Gasteiger partial charge in [-0.15, -0.1) is 0 Å². The molecule has 3 atom stereocenters. The van der Waals surface area contributed by atoms with Gasteiger partial charge in [0.05, 0.1) is 0 Å². The van der Waals surface area contributed by atoms with Gasteiger partial charge >= 0.3 is 0 Å². The highest BCUT2D eigenvalue weighted by molar-refractivity contribution is 6.02. The highest BCUT2D eigenvalue weighted by Gasteiger charge is 2.35. The first-order valence-corrected chi connectivity index (χ1v) is 7.73. The SMILES string of the molecule is CN1C2CCC1CN(c1ccc3c(c1)NC(=O)C3O)CC2. The van der Waals surface area contributed by atoms with Crippen molar-refractivity contribution in [3.05, 3.63) is 23.8 Å². The number of nitrogens with one attached hydrogen (secondary N) is 1. The number of hydrogen-bond acceptors (Lipinski definition) is 4. The molecule has 1 aromatic rings. The van der Waals surface area contributed by atoms with E-state index in [1.165, 1.54) is 19.3 Å². The van der Waals surface area contributed by atoms with Crippen LogP contribution in [-0.2, 0) is 4.79 Å². The summed E-state index contributed by atoms with van der Waals surface area (Å²) >= 11 is 0. The van der Waals surface area contributed by atoms with E-state index in [2.05, 4.69) is 22.2 Å². The van der Waals surface area contributed by atoms with Crippen molar-refractivity contribution in [1.29, 1.82) is 0 Å². The molecule has 112 valence electrons. The highest BCUT2D eigenvalue weighted by Crippen LogP contribution is 2.36. The lowest BCUT2D eigenvalue weighted by atomic mass is 10.1. The molecule has 5 nitrogen and oxygen atoms in total. The standard InChI is InChI=1S/C16H21N3O2/c1-18-10-2-3-12(18)9-19(7-6-10)11-4-5-13-14(8-11)17-16(21)15(13)20/h4-5,8,10,12,15,20H,2-3,6-7,9H2,1H3,(H,17,21). The number of anilines is 2. The Morgan fingerprint density at radius 2 is 2.05 bits per heavy atom. The third-order valence-corrected chi connectivity index (χ3v) is 5.35. The summed E-state index contributed by atoms with van der Waals surface area (Å²) in [5.74, 6) is -0.322. The molecule has 0 radical (unpaired) electrons. The number of rotatable bonds is 1. The van der Waals surface area contributed by atoms with Crippen LogP contribution in [0.5, 0.6) is 0 Å². The Bertz CT molecular complexity index is 589. The maximum atomic E-state index is 11.5. The van der Waals surface area contributed by atoms with Crippen LogP contribution in [-0.4, -0.2) is 48.1 Å². The number of likely N-dealkylation sites (N-methyl/N-ethyl adjacent to an activating group) is 1. The van der Waals surface area contributed by atoms with E-state index in [1.54, 1.807) is 0 Å². The van der Waals surface area contributed by atoms with Crippen molar-refractivity contribution in [1.82, 2.24) is 4.90 Å². The minimum absolute atomic E-state index is 0.322. The van der Waals surface area contributed by atoms with E-state index in [4.69, 9.17) is 0 Å². The van der Waals surface area contributed by atoms with E-state index in [-0.39, 0.29) is 5.91 Å². The van der Waals surface area contributed by atoms with Crippen molar-refractivity contribution in [2.24, 2.45) is 0 Å². The lowest BCUT2D eigenvalue weighted by molar-refractivity contribution is -0.123. The van der Waals surface area contributed by atoms with Crippen LogP contribution in [0, 0.1) is 0 Å². The van der Waals surface area contributed by atoms with Crippen LogP contribution in [0.15, 0.2) is 18.2 Å². The number of nitrogens with zero attached hydrogens (tertiary/aromatic N) is 2. The van der Waals surface area contributed by atoms with Gasteiger partial charge in [0.15, 0.2) is 6.10 Å². The lowest BCUT2D eigenvalue weighted by Crippen LogP contribution is -2.36. The minimum Gasteiger partial charge on any atom is -0.378 e. The molecule has 1 amide bonds. The molecular weight excluding hydrogens is 266 g/mol. The maximum absolute atomic E-state index is 11.5. The van der Waals surface area contributed by atoms with Crippen molar-refractivity contribution in [2.45, 2.75) is 37.5 Å². The first-order chi connectivity index (χ1) is 10.1. The van der Waals surface area contributed by atoms with Crippen molar-refractivity contribution in [3.8, 4) is 0 Å². The number of hydrogen-bond donors (Lipinski definition) is 2. The Hall–Kier alpha value is -1.59. The molecule has 2 N–H and O–H groups in total. The van der Waals surface area contributed by atoms with E-state index in [1.807, 2.05) is 18.2 Å². The number of amides is 1. The summed E-state index contributed by atoms with van der Waals surface area (Å²) < 4.78 is 0. The first-order valence-electron chi connectivity index (χ1n) is 7.73. The van der Waals surface area contributed by atoms with Crippen LogP contribution in [0.1, 0.15) is 30.9 Å². The Labute approximate surface area is 124 Å². The summed E-state index contributed by atoms with van der Waals surface area (Å²) in [5, 5.41) is 12.5. The van der Waals surface area contributed by atoms with Crippen LogP contribution in [0.25, 0.3) is 0 Å². The summed E-state index contributed by atoms with van der Waals surface area (Å²) in [6, 6.07) is 7.26. The zero-order valence-electron chi connectivity index (χ0n) is 12.2. The van der Waals surface area contributed by atoms with Gasteiger partial charge in [-0.25, -0.2) is 0 Å². The molecule has 21 heavy (non-hydrogen) atoms. The van der Waals surface area contributed by atoms with Gasteiger partial charge in [0.25, 0.3) is 5.91 Å². The quantitative estimate of drug-likeness (QED) is 0.818. The molecule has 3 heterocycles. The zero-order chi connectivity index (χ0) is 14.6. The van der Waals surface area contributed by atoms with Crippen molar-refractivity contribution in [3.63, 3.8) is 0 Å². The lowest BCUT2D eigenvalue weighted by Gasteiger charge is -2.28. The van der Waals surface area contributed by atoms with Gasteiger partial charge < -0.3 is 15.3 Å². The Morgan fingerprint density at radius 3 is 2.90 bits per heavy atom. The molecule has 2 saturated heterocycles. The third-order valence-electron chi connectivity index (χ3n) is 5.35. The summed E-state index contributed by atoms with van der Waals surface area (Å²) in [6.07, 6.45) is 2.78. The molecule has 0 aliphatic carbocycles. The van der Waals surface area contributed by atoms with E-state index >= 15 is 0 Å². The molecule has 3 aliphatic rings. The first kappa shape index (κ1) is 13.1. The second-order valence-electron chi connectivity index (χ2n) is 6.45. The van der Waals surface area contributed by atoms with Crippen molar-refractivity contribution < 1.29 is 9.90 Å². The van der Waals surface area contributed by atoms with Gasteiger partial charge in [0.2, 0.25) is 0 Å². The highest BCUT2D eigenvalue weighted by atomic mass is 16.3. The molecule has 0 aromatic heterocycles. The van der Waals surface area contributed by atoms with Crippen molar-refractivity contribution >= 4 is 17.3 Å². The largest absolute Gasteiger partial charge is 0.378 e. The molecule has 2 fully saturated rings. The van der Waals surface area contributed by atoms with Gasteiger partial charge in [0, 0.05) is 42.1 Å². The third kappa shape index (κ3) is 2.03. The molecule has 5 heteroatoms. The van der Waals surface area contributed by atoms with Crippen molar-refractivity contribution in [2.75, 3.05) is 30.4 Å². The molecular formula is C16H21N3O2. The molecule has 3 unspecified atom stereocenters. The number of carbonyl (C=O) groups excluding carboxylic acids is 1. The molecule has 3 aliphatic heterocycles. The average molecular weight is 287 g/mol. The number of fused-ring (bicyclic) bond motifs is 3. The number of aliphatic hydroxyl groups is 1. The fourth-order valence-corrected chi connectivity index (χ4v) is 3.97. The number of carbonyl (C=O) groups is 1. The molecule has 0 spiro atoms. The fourth-order valence-electron chi connectivity index (χ4n) is 3.97. The van der Waals surface area contributed by atoms with E-state index in [9.17, 15) is 9.90 Å². The molecule has 2 bridgehead atoms. The Kier molecular flexibility index (Phi) is 2.94. The zero-order valence-corrected chi connectivity index (χ0v) is 12.2. The number of benzene rings is 1. The summed E-state index contributed by atoms with van der Waals surface area (Å²) in [4.78, 5) is 16.5. The summed E-state index contributed by atoms with van der Waals surface area (Å²) in [7, 11) is 2.24. The van der Waals surface area contributed by atoms with E-state index < -0.39 is 6.10 Å². The predicted octanol–water partition coefficient (Wildman–Crippen LogP) is 1.34. The number of aliphatic hydroxyl groups excluding tert-OH is 1. The summed E-state index contributed by atoms with van der Waals surface area (Å²) in [5.41, 5.74) is 2.59. The monoisotopic (exact) mass is 287 g/mol. The average Bonchev–Trinajstić information content (AvgIpc) is 2.87. The van der Waals surface area contributed by atoms with Gasteiger partial charge in [-0.1, -0.05) is 6.07 Å². The Balaban J connectivity index is 1.60. The minimum atomic E-state index is -1.01. The normalized spacial score (nSPS) is 32.0. The predicted molar refractivity (Wildman–Crippen MR) is 81.4 cm³/mol.